The maximum atomic E-state index is 5.44. The second-order valence-corrected chi connectivity index (χ2v) is 15.2. The van der Waals surface area contributed by atoms with Crippen molar-refractivity contribution in [3.63, 3.8) is 0 Å². The van der Waals surface area contributed by atoms with Gasteiger partial charge >= 0.3 is 0 Å². The summed E-state index contributed by atoms with van der Waals surface area (Å²) in [5.41, 5.74) is 14.6. The van der Waals surface area contributed by atoms with E-state index in [0.29, 0.717) is 0 Å². The van der Waals surface area contributed by atoms with E-state index in [9.17, 15) is 0 Å². The SMILES string of the molecule is c1ccc(-c2ccc3ccc4ccc(-c5ccc(-c6cccc7nc(-c8ccccc8)c8cc9c(cc8c67)c6ccccc6n9-c6ccccc6)cc5)nc4c3n2)cc1. The van der Waals surface area contributed by atoms with Gasteiger partial charge in [-0.2, -0.15) is 0 Å². The van der Waals surface area contributed by atoms with Gasteiger partial charge < -0.3 is 4.57 Å². The number of hydrogen-bond acceptors (Lipinski definition) is 3. The Morgan fingerprint density at radius 1 is 0.339 bits per heavy atom. The van der Waals surface area contributed by atoms with E-state index in [2.05, 4.69) is 193 Å². The van der Waals surface area contributed by atoms with Crippen LogP contribution in [0.2, 0.25) is 0 Å². The fourth-order valence-electron chi connectivity index (χ4n) is 8.95. The molecule has 4 heteroatoms. The number of fused-ring (bicyclic) bond motifs is 9. The van der Waals surface area contributed by atoms with Crippen molar-refractivity contribution >= 4 is 65.3 Å². The molecule has 0 atom stereocenters. The Morgan fingerprint density at radius 3 is 1.61 bits per heavy atom. The van der Waals surface area contributed by atoms with Crippen molar-refractivity contribution in [3.8, 4) is 50.6 Å². The lowest BCUT2D eigenvalue weighted by Gasteiger charge is -2.15. The van der Waals surface area contributed by atoms with E-state index in [4.69, 9.17) is 15.0 Å². The molecule has 0 bridgehead atoms. The molecule has 0 saturated carbocycles. The van der Waals surface area contributed by atoms with Gasteiger partial charge in [-0.3, -0.25) is 0 Å². The Kier molecular flexibility index (Phi) is 7.50. The number of rotatable bonds is 5. The molecule has 4 aromatic heterocycles. The van der Waals surface area contributed by atoms with E-state index < -0.39 is 0 Å². The molecule has 12 rings (SSSR count). The van der Waals surface area contributed by atoms with Crippen molar-refractivity contribution in [1.82, 2.24) is 19.5 Å². The van der Waals surface area contributed by atoms with E-state index >= 15 is 0 Å². The summed E-state index contributed by atoms with van der Waals surface area (Å²) in [6.45, 7) is 0. The number of nitrogens with zero attached hydrogens (tertiary/aromatic N) is 4. The molecule has 0 fully saturated rings. The van der Waals surface area contributed by atoms with E-state index in [1.807, 2.05) is 18.2 Å². The number of hydrogen-bond donors (Lipinski definition) is 0. The van der Waals surface area contributed by atoms with Crippen molar-refractivity contribution in [2.75, 3.05) is 0 Å². The van der Waals surface area contributed by atoms with Gasteiger partial charge in [-0.25, -0.2) is 15.0 Å². The highest BCUT2D eigenvalue weighted by Gasteiger charge is 2.19. The summed E-state index contributed by atoms with van der Waals surface area (Å²) < 4.78 is 2.38. The van der Waals surface area contributed by atoms with Crippen molar-refractivity contribution in [2.45, 2.75) is 0 Å². The zero-order chi connectivity index (χ0) is 38.9. The highest BCUT2D eigenvalue weighted by molar-refractivity contribution is 6.22. The lowest BCUT2D eigenvalue weighted by atomic mass is 9.92. The minimum atomic E-state index is 0.905. The molecule has 0 amide bonds. The molecular weight excluding hydrogens is 717 g/mol. The molecule has 4 heterocycles. The van der Waals surface area contributed by atoms with E-state index in [-0.39, 0.29) is 0 Å². The van der Waals surface area contributed by atoms with Crippen molar-refractivity contribution in [1.29, 1.82) is 0 Å². The third-order valence-electron chi connectivity index (χ3n) is 11.8. The molecule has 0 radical (unpaired) electrons. The molecule has 274 valence electrons. The Morgan fingerprint density at radius 2 is 0.915 bits per heavy atom. The first kappa shape index (κ1) is 33.2. The van der Waals surface area contributed by atoms with Crippen LogP contribution in [0.5, 0.6) is 0 Å². The van der Waals surface area contributed by atoms with E-state index in [1.165, 1.54) is 21.7 Å². The third-order valence-corrected chi connectivity index (χ3v) is 11.8. The van der Waals surface area contributed by atoms with Gasteiger partial charge in [0.2, 0.25) is 0 Å². The summed E-state index contributed by atoms with van der Waals surface area (Å²) in [6.07, 6.45) is 0. The Hall–Kier alpha value is -7.95. The fourth-order valence-corrected chi connectivity index (χ4v) is 8.95. The summed E-state index contributed by atoms with van der Waals surface area (Å²) in [5.74, 6) is 0. The third kappa shape index (κ3) is 5.42. The molecule has 0 saturated heterocycles. The zero-order valence-corrected chi connectivity index (χ0v) is 31.9. The van der Waals surface area contributed by atoms with Gasteiger partial charge in [0.25, 0.3) is 0 Å². The lowest BCUT2D eigenvalue weighted by Crippen LogP contribution is -1.95. The molecule has 4 nitrogen and oxygen atoms in total. The minimum absolute atomic E-state index is 0.905. The van der Waals surface area contributed by atoms with E-state index in [0.717, 1.165) is 94.2 Å². The molecule has 0 aliphatic heterocycles. The Bertz CT molecular complexity index is 3580. The normalized spacial score (nSPS) is 11.7. The molecule has 59 heavy (non-hydrogen) atoms. The van der Waals surface area contributed by atoms with Gasteiger partial charge in [-0.1, -0.05) is 158 Å². The topological polar surface area (TPSA) is 43.6 Å². The van der Waals surface area contributed by atoms with Crippen LogP contribution in [0.15, 0.2) is 206 Å². The average Bonchev–Trinajstić information content (AvgIpc) is 3.64. The van der Waals surface area contributed by atoms with Crippen LogP contribution >= 0.6 is 0 Å². The average molecular weight is 751 g/mol. The summed E-state index contributed by atoms with van der Waals surface area (Å²) in [6, 6.07) is 73.2. The zero-order valence-electron chi connectivity index (χ0n) is 31.9. The van der Waals surface area contributed by atoms with Crippen LogP contribution in [0.1, 0.15) is 0 Å². The quantitative estimate of drug-likeness (QED) is 0.165. The fraction of sp³-hybridized carbons (Fsp3) is 0. The predicted octanol–water partition coefficient (Wildman–Crippen LogP) is 14.2. The first-order valence-electron chi connectivity index (χ1n) is 20.0. The van der Waals surface area contributed by atoms with Crippen LogP contribution in [0.4, 0.5) is 0 Å². The molecule has 0 aliphatic rings. The molecule has 0 N–H and O–H groups in total. The van der Waals surface area contributed by atoms with Crippen LogP contribution in [0, 0.1) is 0 Å². The molecule has 0 aliphatic carbocycles. The molecule has 8 aromatic carbocycles. The maximum Gasteiger partial charge on any atom is 0.0972 e. The largest absolute Gasteiger partial charge is 0.309 e. The van der Waals surface area contributed by atoms with Crippen LogP contribution in [0.3, 0.4) is 0 Å². The van der Waals surface area contributed by atoms with E-state index in [1.54, 1.807) is 0 Å². The lowest BCUT2D eigenvalue weighted by molar-refractivity contribution is 1.18. The number of benzene rings is 8. The van der Waals surface area contributed by atoms with Gasteiger partial charge in [0.05, 0.1) is 44.7 Å². The highest BCUT2D eigenvalue weighted by Crippen LogP contribution is 2.43. The van der Waals surface area contributed by atoms with Gasteiger partial charge in [0.15, 0.2) is 0 Å². The second-order valence-electron chi connectivity index (χ2n) is 15.2. The number of pyridine rings is 3. The smallest absolute Gasteiger partial charge is 0.0972 e. The monoisotopic (exact) mass is 750 g/mol. The predicted molar refractivity (Wildman–Crippen MR) is 246 cm³/mol. The summed E-state index contributed by atoms with van der Waals surface area (Å²) in [7, 11) is 0. The van der Waals surface area contributed by atoms with Crippen LogP contribution < -0.4 is 0 Å². The molecular formula is C55H34N4. The number of aromatic nitrogens is 4. The van der Waals surface area contributed by atoms with Crippen LogP contribution in [-0.2, 0) is 0 Å². The molecule has 0 unspecified atom stereocenters. The van der Waals surface area contributed by atoms with Crippen molar-refractivity contribution < 1.29 is 0 Å². The summed E-state index contributed by atoms with van der Waals surface area (Å²) >= 11 is 0. The first-order valence-corrected chi connectivity index (χ1v) is 20.0. The van der Waals surface area contributed by atoms with Gasteiger partial charge in [-0.05, 0) is 65.0 Å². The Labute approximate surface area is 340 Å². The molecule has 12 aromatic rings. The minimum Gasteiger partial charge on any atom is -0.309 e. The molecule has 0 spiro atoms. The first-order chi connectivity index (χ1) is 29.2. The van der Waals surface area contributed by atoms with Crippen molar-refractivity contribution in [2.24, 2.45) is 0 Å². The number of para-hydroxylation sites is 2. The van der Waals surface area contributed by atoms with Gasteiger partial charge in [0.1, 0.15) is 0 Å². The second kappa shape index (κ2) is 13.3. The van der Waals surface area contributed by atoms with Gasteiger partial charge in [-0.15, -0.1) is 0 Å². The van der Waals surface area contributed by atoms with Crippen molar-refractivity contribution in [3.05, 3.63) is 206 Å². The summed E-state index contributed by atoms with van der Waals surface area (Å²) in [4.78, 5) is 15.8. The summed E-state index contributed by atoms with van der Waals surface area (Å²) in [5, 5.41) is 8.04. The van der Waals surface area contributed by atoms with Crippen LogP contribution in [0.25, 0.3) is 116 Å². The van der Waals surface area contributed by atoms with Gasteiger partial charge in [0, 0.05) is 54.7 Å². The Balaban J connectivity index is 1.04. The van der Waals surface area contributed by atoms with Crippen LogP contribution in [-0.4, -0.2) is 19.5 Å². The highest BCUT2D eigenvalue weighted by atomic mass is 15.0. The standard InChI is InChI=1S/C55H34N4/c1-4-13-36(14-5-1)47-31-29-39-27-28-40-30-32-48(57-55(40)54(39)56-47)37-25-23-35(24-26-37)42-20-12-21-49-52(42)45-33-44-43-19-10-11-22-50(43)59(41-17-8-3-9-18-41)51(44)34-46(45)53(58-49)38-15-6-2-7-16-38/h1-34H. The maximum absolute atomic E-state index is 5.44.